The number of phenols is 2. The van der Waals surface area contributed by atoms with E-state index in [4.69, 9.17) is 9.47 Å². The first-order valence-electron chi connectivity index (χ1n) is 8.04. The van der Waals surface area contributed by atoms with Crippen molar-refractivity contribution in [3.63, 3.8) is 0 Å². The van der Waals surface area contributed by atoms with Gasteiger partial charge in [-0.15, -0.1) is 0 Å². The van der Waals surface area contributed by atoms with Gasteiger partial charge in [-0.25, -0.2) is 0 Å². The number of ether oxygens (including phenoxy) is 2. The van der Waals surface area contributed by atoms with Crippen LogP contribution in [0.2, 0.25) is 0 Å². The van der Waals surface area contributed by atoms with Crippen molar-refractivity contribution in [3.8, 4) is 23.0 Å². The van der Waals surface area contributed by atoms with Crippen LogP contribution in [0.25, 0.3) is 0 Å². The molecule has 0 fully saturated rings. The second kappa shape index (κ2) is 5.31. The molecular weight excluding hydrogens is 306 g/mol. The second-order valence-electron chi connectivity index (χ2n) is 6.59. The molecule has 126 valence electrons. The molecule has 2 aliphatic heterocycles. The van der Waals surface area contributed by atoms with Crippen LogP contribution in [0.4, 0.5) is 0 Å². The number of phenolic OH excluding ortho intramolecular Hbond substituents is 2. The lowest BCUT2D eigenvalue weighted by molar-refractivity contribution is 0.226. The summed E-state index contributed by atoms with van der Waals surface area (Å²) in [6.45, 7) is 0.865. The molecule has 2 aromatic rings. The van der Waals surface area contributed by atoms with Crippen LogP contribution in [0.1, 0.15) is 34.2 Å². The van der Waals surface area contributed by atoms with Gasteiger partial charge < -0.3 is 19.7 Å². The summed E-state index contributed by atoms with van der Waals surface area (Å²) in [6, 6.07) is 7.70. The Hall–Kier alpha value is -2.40. The number of hydrogen-bond donors (Lipinski definition) is 2. The molecule has 0 aromatic heterocycles. The van der Waals surface area contributed by atoms with E-state index >= 15 is 0 Å². The molecule has 0 saturated heterocycles. The Bertz CT molecular complexity index is 817. The Morgan fingerprint density at radius 3 is 2.21 bits per heavy atom. The van der Waals surface area contributed by atoms with E-state index in [9.17, 15) is 10.2 Å². The first-order chi connectivity index (χ1) is 11.5. The molecule has 5 heteroatoms. The van der Waals surface area contributed by atoms with Crippen LogP contribution in [0.3, 0.4) is 0 Å². The minimum absolute atomic E-state index is 0.130. The summed E-state index contributed by atoms with van der Waals surface area (Å²) in [5.74, 6) is 1.45. The van der Waals surface area contributed by atoms with Gasteiger partial charge in [0.1, 0.15) is 0 Å². The van der Waals surface area contributed by atoms with E-state index in [1.807, 2.05) is 24.3 Å². The normalized spacial score (nSPS) is 21.8. The highest BCUT2D eigenvalue weighted by atomic mass is 16.5. The van der Waals surface area contributed by atoms with E-state index < -0.39 is 0 Å². The molecule has 2 heterocycles. The average molecular weight is 327 g/mol. The van der Waals surface area contributed by atoms with Gasteiger partial charge in [0.25, 0.3) is 0 Å². The highest BCUT2D eigenvalue weighted by Gasteiger charge is 2.38. The van der Waals surface area contributed by atoms with Crippen molar-refractivity contribution >= 4 is 0 Å². The Balaban J connectivity index is 1.95. The number of nitrogens with zero attached hydrogens (tertiary/aromatic N) is 1. The molecule has 5 rings (SSSR count). The van der Waals surface area contributed by atoms with Gasteiger partial charge in [0.05, 0.1) is 14.2 Å². The Kier molecular flexibility index (Phi) is 3.35. The van der Waals surface area contributed by atoms with Crippen LogP contribution in [-0.4, -0.2) is 42.9 Å². The van der Waals surface area contributed by atoms with Gasteiger partial charge in [0.2, 0.25) is 0 Å². The molecule has 0 spiro atoms. The summed E-state index contributed by atoms with van der Waals surface area (Å²) < 4.78 is 10.6. The fraction of sp³-hybridized carbons (Fsp3) is 0.368. The van der Waals surface area contributed by atoms with Crippen molar-refractivity contribution in [1.29, 1.82) is 0 Å². The largest absolute Gasteiger partial charge is 0.504 e. The first kappa shape index (κ1) is 15.1. The monoisotopic (exact) mass is 327 g/mol. The Morgan fingerprint density at radius 2 is 1.54 bits per heavy atom. The van der Waals surface area contributed by atoms with Gasteiger partial charge in [0, 0.05) is 18.5 Å². The minimum Gasteiger partial charge on any atom is -0.504 e. The molecule has 1 aliphatic carbocycles. The maximum atomic E-state index is 10.2. The summed E-state index contributed by atoms with van der Waals surface area (Å²) in [5.41, 5.74) is 4.59. The van der Waals surface area contributed by atoms with Crippen molar-refractivity contribution in [2.45, 2.75) is 18.4 Å². The van der Waals surface area contributed by atoms with Crippen LogP contribution >= 0.6 is 0 Å². The molecule has 0 radical (unpaired) electrons. The summed E-state index contributed by atoms with van der Waals surface area (Å²) in [7, 11) is 5.23. The number of rotatable bonds is 2. The molecule has 0 amide bonds. The van der Waals surface area contributed by atoms with E-state index in [1.54, 1.807) is 14.2 Å². The Labute approximate surface area is 141 Å². The number of aromatic hydroxyl groups is 2. The zero-order chi connectivity index (χ0) is 17.0. The van der Waals surface area contributed by atoms with Gasteiger partial charge in [0.15, 0.2) is 23.0 Å². The van der Waals surface area contributed by atoms with Gasteiger partial charge in [-0.05, 0) is 60.0 Å². The van der Waals surface area contributed by atoms with E-state index in [0.717, 1.165) is 29.7 Å². The summed E-state index contributed by atoms with van der Waals surface area (Å²) in [6.07, 6.45) is 0.817. The van der Waals surface area contributed by atoms with Crippen LogP contribution in [0.15, 0.2) is 24.3 Å². The SMILES string of the molecule is COc1cc2c(cc1O)[C@@H]1CN(C)[C@H](C2)c2cc(O)c(OC)cc21. The number of hydrogen-bond acceptors (Lipinski definition) is 5. The number of likely N-dealkylation sites (N-methyl/N-ethyl adjacent to an activating group) is 1. The standard InChI is InChI=1S/C19H21NO4/c1-20-9-14-11-6-16(21)18(23-2)5-10(11)4-15(20)13-7-17(22)19(24-3)8-12(13)14/h5-8,14-15,21-22H,4,9H2,1-3H3/t14-,15+/m0/s1. The zero-order valence-corrected chi connectivity index (χ0v) is 14.0. The third-order valence-corrected chi connectivity index (χ3v) is 5.35. The first-order valence-corrected chi connectivity index (χ1v) is 8.04. The van der Waals surface area contributed by atoms with E-state index in [0.29, 0.717) is 11.5 Å². The smallest absolute Gasteiger partial charge is 0.160 e. The van der Waals surface area contributed by atoms with Crippen molar-refractivity contribution in [3.05, 3.63) is 46.5 Å². The van der Waals surface area contributed by atoms with E-state index in [1.165, 1.54) is 5.56 Å². The summed E-state index contributed by atoms with van der Waals surface area (Å²) >= 11 is 0. The van der Waals surface area contributed by atoms with Gasteiger partial charge in [-0.2, -0.15) is 0 Å². The van der Waals surface area contributed by atoms with Crippen LogP contribution < -0.4 is 9.47 Å². The molecule has 2 atom stereocenters. The molecule has 2 bridgehead atoms. The van der Waals surface area contributed by atoms with Crippen LogP contribution in [-0.2, 0) is 6.42 Å². The lowest BCUT2D eigenvalue weighted by atomic mass is 9.84. The minimum atomic E-state index is 0.130. The Morgan fingerprint density at radius 1 is 0.917 bits per heavy atom. The molecule has 0 unspecified atom stereocenters. The molecular formula is C19H21NO4. The highest BCUT2D eigenvalue weighted by Crippen LogP contribution is 2.50. The molecule has 24 heavy (non-hydrogen) atoms. The number of methoxy groups -OCH3 is 2. The van der Waals surface area contributed by atoms with Crippen molar-refractivity contribution < 1.29 is 19.7 Å². The molecule has 2 N–H and O–H groups in total. The van der Waals surface area contributed by atoms with Crippen molar-refractivity contribution in [2.75, 3.05) is 27.8 Å². The van der Waals surface area contributed by atoms with Crippen molar-refractivity contribution in [1.82, 2.24) is 4.90 Å². The fourth-order valence-electron chi connectivity index (χ4n) is 4.14. The maximum Gasteiger partial charge on any atom is 0.160 e. The quantitative estimate of drug-likeness (QED) is 0.888. The summed E-state index contributed by atoms with van der Waals surface area (Å²) in [5, 5.41) is 20.5. The van der Waals surface area contributed by atoms with Gasteiger partial charge in [-0.3, -0.25) is 4.90 Å². The molecule has 0 saturated carbocycles. The number of benzene rings is 2. The van der Waals surface area contributed by atoms with Crippen LogP contribution in [0, 0.1) is 0 Å². The molecule has 2 aromatic carbocycles. The topological polar surface area (TPSA) is 62.2 Å². The summed E-state index contributed by atoms with van der Waals surface area (Å²) in [4.78, 5) is 2.31. The maximum absolute atomic E-state index is 10.2. The predicted molar refractivity (Wildman–Crippen MR) is 90.2 cm³/mol. The lowest BCUT2D eigenvalue weighted by Crippen LogP contribution is -2.33. The zero-order valence-electron chi connectivity index (χ0n) is 14.0. The third kappa shape index (κ3) is 2.04. The fourth-order valence-corrected chi connectivity index (χ4v) is 4.14. The third-order valence-electron chi connectivity index (χ3n) is 5.35. The van der Waals surface area contributed by atoms with Crippen molar-refractivity contribution in [2.24, 2.45) is 0 Å². The predicted octanol–water partition coefficient (Wildman–Crippen LogP) is 2.79. The lowest BCUT2D eigenvalue weighted by Gasteiger charge is -2.36. The van der Waals surface area contributed by atoms with E-state index in [-0.39, 0.29) is 23.5 Å². The second-order valence-corrected chi connectivity index (χ2v) is 6.59. The highest BCUT2D eigenvalue weighted by molar-refractivity contribution is 5.58. The number of fused-ring (bicyclic) bond motifs is 1. The van der Waals surface area contributed by atoms with Gasteiger partial charge >= 0.3 is 0 Å². The van der Waals surface area contributed by atoms with Crippen LogP contribution in [0.5, 0.6) is 23.0 Å². The molecule has 3 aliphatic rings. The average Bonchev–Trinajstić information content (AvgIpc) is 2.77. The molecule has 5 nitrogen and oxygen atoms in total. The van der Waals surface area contributed by atoms with Gasteiger partial charge in [-0.1, -0.05) is 0 Å². The van der Waals surface area contributed by atoms with E-state index in [2.05, 4.69) is 11.9 Å².